The number of hydrogen-bond acceptors (Lipinski definition) is 3. The molecule has 0 unspecified atom stereocenters. The molecule has 3 aromatic rings. The largest absolute Gasteiger partial charge is 0.494 e. The van der Waals surface area contributed by atoms with Crippen LogP contribution < -0.4 is 10.1 Å². The van der Waals surface area contributed by atoms with Crippen molar-refractivity contribution in [1.29, 1.82) is 0 Å². The van der Waals surface area contributed by atoms with Crippen LogP contribution in [0, 0.1) is 5.92 Å². The number of nitrogens with one attached hydrogen (secondary N) is 1. The van der Waals surface area contributed by atoms with Gasteiger partial charge in [-0.2, -0.15) is 0 Å². The van der Waals surface area contributed by atoms with Crippen molar-refractivity contribution >= 4 is 16.8 Å². The first-order valence-electron chi connectivity index (χ1n) is 10.6. The first-order chi connectivity index (χ1) is 14.1. The molecule has 1 aromatic heterocycles. The fourth-order valence-electron chi connectivity index (χ4n) is 4.07. The molecule has 4 nitrogen and oxygen atoms in total. The van der Waals surface area contributed by atoms with Gasteiger partial charge in [-0.15, -0.1) is 0 Å². The summed E-state index contributed by atoms with van der Waals surface area (Å²) in [5.74, 6) is 1.59. The molecule has 4 rings (SSSR count). The van der Waals surface area contributed by atoms with E-state index in [9.17, 15) is 4.79 Å². The fourth-order valence-corrected chi connectivity index (χ4v) is 4.07. The molecule has 150 valence electrons. The molecule has 0 radical (unpaired) electrons. The molecule has 0 spiro atoms. The highest BCUT2D eigenvalue weighted by atomic mass is 16.5. The van der Waals surface area contributed by atoms with E-state index in [0.29, 0.717) is 12.2 Å². The molecular formula is C25H28N2O2. The van der Waals surface area contributed by atoms with Crippen LogP contribution in [0.4, 0.5) is 0 Å². The second-order valence-corrected chi connectivity index (χ2v) is 7.96. The Labute approximate surface area is 172 Å². The Morgan fingerprint density at radius 3 is 2.52 bits per heavy atom. The van der Waals surface area contributed by atoms with Crippen LogP contribution >= 0.6 is 0 Å². The SMILES string of the molecule is CCOc1ccc(-c2cc(C(=O)NC3CCC(C)CC3)c3ccccc3n2)cc1. The van der Waals surface area contributed by atoms with Gasteiger partial charge in [0.2, 0.25) is 0 Å². The molecule has 2 aromatic carbocycles. The van der Waals surface area contributed by atoms with Crippen LogP contribution in [-0.2, 0) is 0 Å². The van der Waals surface area contributed by atoms with Crippen LogP contribution in [0.2, 0.25) is 0 Å². The maximum Gasteiger partial charge on any atom is 0.252 e. The molecule has 29 heavy (non-hydrogen) atoms. The van der Waals surface area contributed by atoms with Crippen molar-refractivity contribution in [3.05, 3.63) is 60.2 Å². The number of carbonyl (C=O) groups excluding carboxylic acids is 1. The van der Waals surface area contributed by atoms with E-state index in [4.69, 9.17) is 9.72 Å². The summed E-state index contributed by atoms with van der Waals surface area (Å²) in [6, 6.07) is 17.9. The predicted molar refractivity (Wildman–Crippen MR) is 117 cm³/mol. The van der Waals surface area contributed by atoms with Gasteiger partial charge in [0.05, 0.1) is 23.4 Å². The first-order valence-corrected chi connectivity index (χ1v) is 10.6. The van der Waals surface area contributed by atoms with Crippen molar-refractivity contribution < 1.29 is 9.53 Å². The monoisotopic (exact) mass is 388 g/mol. The first kappa shape index (κ1) is 19.4. The maximum absolute atomic E-state index is 13.2. The number of para-hydroxylation sites is 1. The number of aromatic nitrogens is 1. The third-order valence-corrected chi connectivity index (χ3v) is 5.77. The minimum Gasteiger partial charge on any atom is -0.494 e. The van der Waals surface area contributed by atoms with Crippen molar-refractivity contribution in [2.24, 2.45) is 5.92 Å². The van der Waals surface area contributed by atoms with E-state index in [1.54, 1.807) is 0 Å². The molecular weight excluding hydrogens is 360 g/mol. The third-order valence-electron chi connectivity index (χ3n) is 5.77. The zero-order valence-electron chi connectivity index (χ0n) is 17.2. The van der Waals surface area contributed by atoms with Crippen LogP contribution in [0.1, 0.15) is 49.9 Å². The van der Waals surface area contributed by atoms with Gasteiger partial charge in [-0.1, -0.05) is 25.1 Å². The number of rotatable bonds is 5. The average Bonchev–Trinajstić information content (AvgIpc) is 2.75. The lowest BCUT2D eigenvalue weighted by molar-refractivity contribution is 0.0924. The van der Waals surface area contributed by atoms with E-state index in [1.807, 2.05) is 61.5 Å². The van der Waals surface area contributed by atoms with Gasteiger partial charge in [-0.05, 0) is 74.9 Å². The Bertz CT molecular complexity index is 989. The Kier molecular flexibility index (Phi) is 5.79. The number of nitrogens with zero attached hydrogens (tertiary/aromatic N) is 1. The number of amides is 1. The summed E-state index contributed by atoms with van der Waals surface area (Å²) in [6.45, 7) is 4.89. The van der Waals surface area contributed by atoms with Crippen LogP contribution in [0.5, 0.6) is 5.75 Å². The molecule has 1 fully saturated rings. The van der Waals surface area contributed by atoms with Crippen molar-refractivity contribution in [3.8, 4) is 17.0 Å². The zero-order chi connectivity index (χ0) is 20.2. The molecule has 0 saturated heterocycles. The van der Waals surface area contributed by atoms with Gasteiger partial charge in [0.15, 0.2) is 0 Å². The van der Waals surface area contributed by atoms with Crippen LogP contribution in [0.3, 0.4) is 0 Å². The fraction of sp³-hybridized carbons (Fsp3) is 0.360. The molecule has 1 saturated carbocycles. The lowest BCUT2D eigenvalue weighted by Gasteiger charge is -2.27. The van der Waals surface area contributed by atoms with Crippen molar-refractivity contribution in [2.45, 2.75) is 45.6 Å². The summed E-state index contributed by atoms with van der Waals surface area (Å²) < 4.78 is 5.54. The molecule has 1 heterocycles. The summed E-state index contributed by atoms with van der Waals surface area (Å²) in [7, 11) is 0. The van der Waals surface area contributed by atoms with Gasteiger partial charge in [0, 0.05) is 17.0 Å². The molecule has 1 amide bonds. The van der Waals surface area contributed by atoms with Crippen LogP contribution in [0.15, 0.2) is 54.6 Å². The second-order valence-electron chi connectivity index (χ2n) is 7.96. The van der Waals surface area contributed by atoms with Gasteiger partial charge in [-0.25, -0.2) is 4.98 Å². The van der Waals surface area contributed by atoms with E-state index >= 15 is 0 Å². The smallest absolute Gasteiger partial charge is 0.252 e. The van der Waals surface area contributed by atoms with E-state index in [2.05, 4.69) is 12.2 Å². The lowest BCUT2D eigenvalue weighted by Crippen LogP contribution is -2.37. The molecule has 1 N–H and O–H groups in total. The highest BCUT2D eigenvalue weighted by Gasteiger charge is 2.22. The topological polar surface area (TPSA) is 51.2 Å². The Morgan fingerprint density at radius 1 is 1.07 bits per heavy atom. The predicted octanol–water partition coefficient (Wildman–Crippen LogP) is 5.61. The maximum atomic E-state index is 13.2. The Morgan fingerprint density at radius 2 is 1.79 bits per heavy atom. The van der Waals surface area contributed by atoms with Crippen molar-refractivity contribution in [1.82, 2.24) is 10.3 Å². The van der Waals surface area contributed by atoms with Gasteiger partial charge in [0.1, 0.15) is 5.75 Å². The highest BCUT2D eigenvalue weighted by Crippen LogP contribution is 2.28. The lowest BCUT2D eigenvalue weighted by atomic mass is 9.87. The minimum absolute atomic E-state index is 0.00432. The number of ether oxygens (including phenoxy) is 1. The van der Waals surface area contributed by atoms with Gasteiger partial charge in [0.25, 0.3) is 5.91 Å². The zero-order valence-corrected chi connectivity index (χ0v) is 17.2. The van der Waals surface area contributed by atoms with E-state index in [-0.39, 0.29) is 11.9 Å². The van der Waals surface area contributed by atoms with E-state index in [0.717, 1.165) is 46.7 Å². The summed E-state index contributed by atoms with van der Waals surface area (Å²) in [5, 5.41) is 4.16. The minimum atomic E-state index is -0.00432. The van der Waals surface area contributed by atoms with E-state index < -0.39 is 0 Å². The third kappa shape index (κ3) is 4.42. The van der Waals surface area contributed by atoms with Crippen LogP contribution in [-0.4, -0.2) is 23.5 Å². The summed E-state index contributed by atoms with van der Waals surface area (Å²) in [4.78, 5) is 18.0. The van der Waals surface area contributed by atoms with E-state index in [1.165, 1.54) is 12.8 Å². The molecule has 1 aliphatic rings. The highest BCUT2D eigenvalue weighted by molar-refractivity contribution is 6.07. The molecule has 0 aliphatic heterocycles. The Hall–Kier alpha value is -2.88. The van der Waals surface area contributed by atoms with Crippen LogP contribution in [0.25, 0.3) is 22.2 Å². The summed E-state index contributed by atoms with van der Waals surface area (Å²) in [5.41, 5.74) is 3.30. The normalized spacial score (nSPS) is 19.1. The van der Waals surface area contributed by atoms with Gasteiger partial charge in [-0.3, -0.25) is 4.79 Å². The van der Waals surface area contributed by atoms with Gasteiger partial charge < -0.3 is 10.1 Å². The molecule has 4 heteroatoms. The van der Waals surface area contributed by atoms with Gasteiger partial charge >= 0.3 is 0 Å². The average molecular weight is 389 g/mol. The molecule has 0 bridgehead atoms. The number of benzene rings is 2. The number of fused-ring (bicyclic) bond motifs is 1. The number of pyridine rings is 1. The summed E-state index contributed by atoms with van der Waals surface area (Å²) >= 11 is 0. The molecule has 0 atom stereocenters. The Balaban J connectivity index is 1.66. The number of carbonyl (C=O) groups is 1. The standard InChI is InChI=1S/C25H28N2O2/c1-3-29-20-14-10-18(11-15-20)24-16-22(21-6-4-5-7-23(21)27-24)25(28)26-19-12-8-17(2)9-13-19/h4-7,10-11,14-17,19H,3,8-9,12-13H2,1-2H3,(H,26,28). The summed E-state index contributed by atoms with van der Waals surface area (Å²) in [6.07, 6.45) is 4.47. The second kappa shape index (κ2) is 8.64. The van der Waals surface area contributed by atoms with Crippen molar-refractivity contribution in [3.63, 3.8) is 0 Å². The van der Waals surface area contributed by atoms with Crippen molar-refractivity contribution in [2.75, 3.05) is 6.61 Å². The quantitative estimate of drug-likeness (QED) is 0.618. The molecule has 1 aliphatic carbocycles. The number of hydrogen-bond donors (Lipinski definition) is 1.